The molecule has 94 valence electrons. The predicted molar refractivity (Wildman–Crippen MR) is 65.5 cm³/mol. The van der Waals surface area contributed by atoms with Crippen molar-refractivity contribution in [3.63, 3.8) is 0 Å². The Morgan fingerprint density at radius 1 is 1.24 bits per heavy atom. The van der Waals surface area contributed by atoms with Crippen molar-refractivity contribution < 1.29 is 9.52 Å². The number of aliphatic hydroxyl groups is 1. The molecule has 17 heavy (non-hydrogen) atoms. The lowest BCUT2D eigenvalue weighted by Crippen LogP contribution is -2.29. The van der Waals surface area contributed by atoms with E-state index in [1.54, 1.807) is 6.26 Å². The summed E-state index contributed by atoms with van der Waals surface area (Å²) in [5.74, 6) is 3.46. The molecule has 1 atom stereocenters. The highest BCUT2D eigenvalue weighted by Crippen LogP contribution is 2.48. The van der Waals surface area contributed by atoms with E-state index in [9.17, 15) is 5.11 Å². The van der Waals surface area contributed by atoms with Crippen LogP contribution in [0.1, 0.15) is 37.5 Å². The summed E-state index contributed by atoms with van der Waals surface area (Å²) in [5, 5.41) is 13.3. The Bertz CT molecular complexity index is 329. The molecule has 3 heteroatoms. The number of hydrogen-bond acceptors (Lipinski definition) is 3. The molecule has 1 heterocycles. The van der Waals surface area contributed by atoms with E-state index in [1.807, 2.05) is 12.1 Å². The van der Waals surface area contributed by atoms with Gasteiger partial charge in [0.2, 0.25) is 0 Å². The van der Waals surface area contributed by atoms with Gasteiger partial charge in [0.1, 0.15) is 11.9 Å². The topological polar surface area (TPSA) is 45.4 Å². The molecule has 1 aromatic heterocycles. The maximum Gasteiger partial charge on any atom is 0.133 e. The van der Waals surface area contributed by atoms with Crippen molar-refractivity contribution in [1.82, 2.24) is 5.32 Å². The SMILES string of the molecule is OC(CNCC(C1CC1)C1CC1)c1ccco1. The van der Waals surface area contributed by atoms with E-state index >= 15 is 0 Å². The zero-order chi connectivity index (χ0) is 11.7. The molecule has 0 saturated heterocycles. The molecule has 3 rings (SSSR count). The van der Waals surface area contributed by atoms with Crippen LogP contribution in [-0.4, -0.2) is 18.2 Å². The molecule has 1 aromatic rings. The Balaban J connectivity index is 1.41. The van der Waals surface area contributed by atoms with Crippen LogP contribution in [0, 0.1) is 17.8 Å². The lowest BCUT2D eigenvalue weighted by Gasteiger charge is -2.17. The number of aliphatic hydroxyl groups excluding tert-OH is 1. The zero-order valence-corrected chi connectivity index (χ0v) is 10.1. The Hall–Kier alpha value is -0.800. The van der Waals surface area contributed by atoms with E-state index in [0.29, 0.717) is 12.3 Å². The van der Waals surface area contributed by atoms with Gasteiger partial charge in [0, 0.05) is 6.54 Å². The highest BCUT2D eigenvalue weighted by molar-refractivity contribution is 5.02. The van der Waals surface area contributed by atoms with Crippen LogP contribution in [0.25, 0.3) is 0 Å². The summed E-state index contributed by atoms with van der Waals surface area (Å²) in [7, 11) is 0. The number of furan rings is 1. The Morgan fingerprint density at radius 3 is 2.47 bits per heavy atom. The van der Waals surface area contributed by atoms with E-state index in [4.69, 9.17) is 4.42 Å². The minimum atomic E-state index is -0.510. The second-order valence-electron chi connectivity index (χ2n) is 5.53. The summed E-state index contributed by atoms with van der Waals surface area (Å²) < 4.78 is 5.18. The molecule has 2 aliphatic rings. The van der Waals surface area contributed by atoms with Gasteiger partial charge in [-0.15, -0.1) is 0 Å². The van der Waals surface area contributed by atoms with Crippen molar-refractivity contribution in [2.24, 2.45) is 17.8 Å². The van der Waals surface area contributed by atoms with Gasteiger partial charge in [-0.05, 0) is 62.1 Å². The third-order valence-corrected chi connectivity index (χ3v) is 4.04. The van der Waals surface area contributed by atoms with E-state index < -0.39 is 6.10 Å². The van der Waals surface area contributed by atoms with Crippen LogP contribution in [0.15, 0.2) is 22.8 Å². The van der Waals surface area contributed by atoms with Gasteiger partial charge in [-0.3, -0.25) is 0 Å². The monoisotopic (exact) mass is 235 g/mol. The van der Waals surface area contributed by atoms with Crippen LogP contribution in [-0.2, 0) is 0 Å². The maximum atomic E-state index is 9.87. The summed E-state index contributed by atoms with van der Waals surface area (Å²) in [4.78, 5) is 0. The van der Waals surface area contributed by atoms with Crippen LogP contribution in [0.2, 0.25) is 0 Å². The molecule has 0 bridgehead atoms. The largest absolute Gasteiger partial charge is 0.467 e. The molecule has 0 spiro atoms. The van der Waals surface area contributed by atoms with Crippen LogP contribution in [0.4, 0.5) is 0 Å². The van der Waals surface area contributed by atoms with Gasteiger partial charge in [-0.25, -0.2) is 0 Å². The van der Waals surface area contributed by atoms with E-state index in [-0.39, 0.29) is 0 Å². The fraction of sp³-hybridized carbons (Fsp3) is 0.714. The average Bonchev–Trinajstić information content (AvgIpc) is 3.25. The van der Waals surface area contributed by atoms with Crippen molar-refractivity contribution in [2.75, 3.05) is 13.1 Å². The molecule has 2 saturated carbocycles. The van der Waals surface area contributed by atoms with Crippen molar-refractivity contribution in [2.45, 2.75) is 31.8 Å². The van der Waals surface area contributed by atoms with Gasteiger partial charge in [0.15, 0.2) is 0 Å². The smallest absolute Gasteiger partial charge is 0.133 e. The van der Waals surface area contributed by atoms with E-state index in [1.165, 1.54) is 25.7 Å². The minimum absolute atomic E-state index is 0.510. The highest BCUT2D eigenvalue weighted by atomic mass is 16.4. The summed E-state index contributed by atoms with van der Waals surface area (Å²) >= 11 is 0. The lowest BCUT2D eigenvalue weighted by molar-refractivity contribution is 0.144. The molecule has 0 amide bonds. The molecule has 2 aliphatic carbocycles. The quantitative estimate of drug-likeness (QED) is 0.762. The van der Waals surface area contributed by atoms with Gasteiger partial charge >= 0.3 is 0 Å². The van der Waals surface area contributed by atoms with Crippen LogP contribution < -0.4 is 5.32 Å². The Morgan fingerprint density at radius 2 is 1.94 bits per heavy atom. The molecule has 0 aromatic carbocycles. The first-order valence-electron chi connectivity index (χ1n) is 6.77. The first-order chi connectivity index (χ1) is 8.34. The van der Waals surface area contributed by atoms with Crippen LogP contribution in [0.5, 0.6) is 0 Å². The fourth-order valence-electron chi connectivity index (χ4n) is 2.74. The predicted octanol–water partition coefficient (Wildman–Crippen LogP) is 2.34. The molecular formula is C14H21NO2. The first kappa shape index (κ1) is 11.3. The van der Waals surface area contributed by atoms with Gasteiger partial charge in [-0.2, -0.15) is 0 Å². The standard InChI is InChI=1S/C14H21NO2/c16-13(14-2-1-7-17-14)9-15-8-12(10-3-4-10)11-5-6-11/h1-2,7,10-13,15-16H,3-6,8-9H2. The third-order valence-electron chi connectivity index (χ3n) is 4.04. The third kappa shape index (κ3) is 2.90. The lowest BCUT2D eigenvalue weighted by atomic mass is 9.98. The Kier molecular flexibility index (Phi) is 3.21. The molecule has 3 nitrogen and oxygen atoms in total. The van der Waals surface area contributed by atoms with Crippen molar-refractivity contribution >= 4 is 0 Å². The summed E-state index contributed by atoms with van der Waals surface area (Å²) in [6.45, 7) is 1.66. The molecular weight excluding hydrogens is 214 g/mol. The maximum absolute atomic E-state index is 9.87. The van der Waals surface area contributed by atoms with Crippen molar-refractivity contribution in [3.8, 4) is 0 Å². The van der Waals surface area contributed by atoms with Crippen LogP contribution >= 0.6 is 0 Å². The fourth-order valence-corrected chi connectivity index (χ4v) is 2.74. The molecule has 1 unspecified atom stereocenters. The first-order valence-corrected chi connectivity index (χ1v) is 6.77. The van der Waals surface area contributed by atoms with Gasteiger partial charge < -0.3 is 14.8 Å². The van der Waals surface area contributed by atoms with Crippen molar-refractivity contribution in [3.05, 3.63) is 24.2 Å². The van der Waals surface area contributed by atoms with Gasteiger partial charge in [-0.1, -0.05) is 0 Å². The summed E-state index contributed by atoms with van der Waals surface area (Å²) in [6.07, 6.45) is 6.78. The number of nitrogens with one attached hydrogen (secondary N) is 1. The average molecular weight is 235 g/mol. The molecule has 0 aliphatic heterocycles. The molecule has 2 fully saturated rings. The van der Waals surface area contributed by atoms with E-state index in [2.05, 4.69) is 5.32 Å². The number of hydrogen-bond donors (Lipinski definition) is 2. The van der Waals surface area contributed by atoms with Crippen LogP contribution in [0.3, 0.4) is 0 Å². The Labute approximate surface area is 102 Å². The van der Waals surface area contributed by atoms with E-state index in [0.717, 1.165) is 24.3 Å². The minimum Gasteiger partial charge on any atom is -0.467 e. The van der Waals surface area contributed by atoms with Gasteiger partial charge in [0.05, 0.1) is 6.26 Å². The molecule has 2 N–H and O–H groups in total. The summed E-state index contributed by atoms with van der Waals surface area (Å²) in [5.41, 5.74) is 0. The van der Waals surface area contributed by atoms with Gasteiger partial charge in [0.25, 0.3) is 0 Å². The second kappa shape index (κ2) is 4.83. The second-order valence-corrected chi connectivity index (χ2v) is 5.53. The summed E-state index contributed by atoms with van der Waals surface area (Å²) in [6, 6.07) is 3.64. The normalized spacial score (nSPS) is 22.0. The zero-order valence-electron chi connectivity index (χ0n) is 10.1. The number of rotatable bonds is 7. The highest BCUT2D eigenvalue weighted by Gasteiger charge is 2.40. The molecule has 0 radical (unpaired) electrons. The van der Waals surface area contributed by atoms with Crippen molar-refractivity contribution in [1.29, 1.82) is 0 Å².